The number of nitrogens with one attached hydrogen (secondary N) is 1. The number of rotatable bonds is 3. The highest BCUT2D eigenvalue weighted by atomic mass is 16.3. The maximum Gasteiger partial charge on any atom is 0.256 e. The summed E-state index contributed by atoms with van der Waals surface area (Å²) in [6, 6.07) is 1.55. The number of hydrogen-bond acceptors (Lipinski definition) is 5. The first-order valence-corrected chi connectivity index (χ1v) is 5.60. The number of nitrogen functional groups attached to an aromatic ring is 1. The van der Waals surface area contributed by atoms with Gasteiger partial charge >= 0.3 is 0 Å². The Morgan fingerprint density at radius 2 is 2.53 bits per heavy atom. The number of likely N-dealkylation sites (tertiary alicyclic amines) is 1. The lowest BCUT2D eigenvalue weighted by Crippen LogP contribution is -2.38. The quantitative estimate of drug-likeness (QED) is 0.506. The van der Waals surface area contributed by atoms with Crippen LogP contribution in [0.15, 0.2) is 18.5 Å². The normalized spacial score (nSPS) is 19.4. The molecule has 1 saturated heterocycles. The minimum atomic E-state index is -0.114. The molecule has 1 aromatic heterocycles. The molecule has 0 aromatic carbocycles. The summed E-state index contributed by atoms with van der Waals surface area (Å²) in [6.45, 7) is 0.679. The number of anilines is 1. The van der Waals surface area contributed by atoms with E-state index in [1.807, 2.05) is 0 Å². The van der Waals surface area contributed by atoms with Gasteiger partial charge in [-0.1, -0.05) is 0 Å². The Labute approximate surface area is 99.4 Å². The Kier molecular flexibility index (Phi) is 3.55. The van der Waals surface area contributed by atoms with Gasteiger partial charge in [-0.15, -0.1) is 0 Å². The van der Waals surface area contributed by atoms with Crippen LogP contribution < -0.4 is 11.3 Å². The van der Waals surface area contributed by atoms with Crippen LogP contribution in [-0.2, 0) is 0 Å². The van der Waals surface area contributed by atoms with Crippen LogP contribution in [0.25, 0.3) is 0 Å². The molecule has 1 aromatic rings. The van der Waals surface area contributed by atoms with Gasteiger partial charge in [-0.2, -0.15) is 0 Å². The summed E-state index contributed by atoms with van der Waals surface area (Å²) < 4.78 is 0. The zero-order chi connectivity index (χ0) is 12.3. The van der Waals surface area contributed by atoms with Crippen molar-refractivity contribution in [2.24, 2.45) is 5.84 Å². The maximum atomic E-state index is 12.3. The van der Waals surface area contributed by atoms with Crippen LogP contribution in [0, 0.1) is 0 Å². The first-order valence-electron chi connectivity index (χ1n) is 5.60. The molecule has 2 heterocycles. The molecule has 4 N–H and O–H groups in total. The average molecular weight is 236 g/mol. The minimum Gasteiger partial charge on any atom is -0.394 e. The maximum absolute atomic E-state index is 12.3. The summed E-state index contributed by atoms with van der Waals surface area (Å²) in [7, 11) is 0. The lowest BCUT2D eigenvalue weighted by molar-refractivity contribution is 0.0678. The molecular weight excluding hydrogens is 220 g/mol. The molecule has 6 heteroatoms. The highest BCUT2D eigenvalue weighted by Gasteiger charge is 2.29. The third kappa shape index (κ3) is 2.22. The lowest BCUT2D eigenvalue weighted by atomic mass is 10.2. The fourth-order valence-electron chi connectivity index (χ4n) is 2.14. The number of carbonyl (C=O) groups is 1. The van der Waals surface area contributed by atoms with Gasteiger partial charge in [0.05, 0.1) is 30.1 Å². The summed E-state index contributed by atoms with van der Waals surface area (Å²) in [5.74, 6) is 5.23. The molecular formula is C11H16N4O2. The number of nitrogens with zero attached hydrogens (tertiary/aromatic N) is 2. The van der Waals surface area contributed by atoms with E-state index in [0.29, 0.717) is 17.8 Å². The van der Waals surface area contributed by atoms with Crippen molar-refractivity contribution in [2.45, 2.75) is 18.9 Å². The Morgan fingerprint density at radius 1 is 1.71 bits per heavy atom. The average Bonchev–Trinajstić information content (AvgIpc) is 2.86. The SMILES string of the molecule is NNc1cnccc1C(=O)N1CCCC1CO. The molecule has 0 bridgehead atoms. The van der Waals surface area contributed by atoms with E-state index in [2.05, 4.69) is 10.4 Å². The van der Waals surface area contributed by atoms with Gasteiger partial charge in [0.25, 0.3) is 5.91 Å². The third-order valence-corrected chi connectivity index (χ3v) is 3.06. The second-order valence-electron chi connectivity index (χ2n) is 4.04. The van der Waals surface area contributed by atoms with Gasteiger partial charge in [0.1, 0.15) is 0 Å². The van der Waals surface area contributed by atoms with E-state index in [9.17, 15) is 9.90 Å². The van der Waals surface area contributed by atoms with E-state index in [4.69, 9.17) is 5.84 Å². The Balaban J connectivity index is 2.24. The number of aliphatic hydroxyl groups is 1. The van der Waals surface area contributed by atoms with Crippen LogP contribution in [0.5, 0.6) is 0 Å². The molecule has 1 unspecified atom stereocenters. The number of pyridine rings is 1. The van der Waals surface area contributed by atoms with Gasteiger partial charge in [-0.3, -0.25) is 15.6 Å². The van der Waals surface area contributed by atoms with Crippen molar-refractivity contribution in [1.29, 1.82) is 0 Å². The molecule has 1 aliphatic heterocycles. The number of amides is 1. The Bertz CT molecular complexity index is 410. The van der Waals surface area contributed by atoms with Crippen molar-refractivity contribution in [3.63, 3.8) is 0 Å². The van der Waals surface area contributed by atoms with Gasteiger partial charge in [-0.05, 0) is 18.9 Å². The highest BCUT2D eigenvalue weighted by molar-refractivity contribution is 5.99. The van der Waals surface area contributed by atoms with Crippen LogP contribution in [0.3, 0.4) is 0 Å². The molecule has 0 saturated carbocycles. The van der Waals surface area contributed by atoms with Gasteiger partial charge < -0.3 is 15.4 Å². The highest BCUT2D eigenvalue weighted by Crippen LogP contribution is 2.22. The molecule has 1 atom stereocenters. The van der Waals surface area contributed by atoms with Crippen molar-refractivity contribution >= 4 is 11.6 Å². The van der Waals surface area contributed by atoms with E-state index < -0.39 is 0 Å². The van der Waals surface area contributed by atoms with Crippen molar-refractivity contribution in [2.75, 3.05) is 18.6 Å². The van der Waals surface area contributed by atoms with Gasteiger partial charge in [0, 0.05) is 12.7 Å². The summed E-state index contributed by atoms with van der Waals surface area (Å²) in [5, 5.41) is 9.21. The van der Waals surface area contributed by atoms with Crippen molar-refractivity contribution in [3.05, 3.63) is 24.0 Å². The van der Waals surface area contributed by atoms with E-state index in [-0.39, 0.29) is 18.6 Å². The lowest BCUT2D eigenvalue weighted by Gasteiger charge is -2.23. The van der Waals surface area contributed by atoms with Crippen LogP contribution in [0.4, 0.5) is 5.69 Å². The number of aliphatic hydroxyl groups excluding tert-OH is 1. The molecule has 92 valence electrons. The molecule has 6 nitrogen and oxygen atoms in total. The van der Waals surface area contributed by atoms with Crippen molar-refractivity contribution in [1.82, 2.24) is 9.88 Å². The summed E-state index contributed by atoms with van der Waals surface area (Å²) in [4.78, 5) is 17.9. The predicted molar refractivity (Wildman–Crippen MR) is 63.2 cm³/mol. The fourth-order valence-corrected chi connectivity index (χ4v) is 2.14. The first kappa shape index (κ1) is 11.8. The monoisotopic (exact) mass is 236 g/mol. The molecule has 1 amide bonds. The van der Waals surface area contributed by atoms with Crippen LogP contribution >= 0.6 is 0 Å². The smallest absolute Gasteiger partial charge is 0.256 e. The molecule has 1 aliphatic rings. The van der Waals surface area contributed by atoms with Crippen LogP contribution in [-0.4, -0.2) is 40.1 Å². The molecule has 0 aliphatic carbocycles. The van der Waals surface area contributed by atoms with Crippen molar-refractivity contribution in [3.8, 4) is 0 Å². The second kappa shape index (κ2) is 5.11. The van der Waals surface area contributed by atoms with Gasteiger partial charge in [0.2, 0.25) is 0 Å². The fraction of sp³-hybridized carbons (Fsp3) is 0.455. The van der Waals surface area contributed by atoms with Gasteiger partial charge in [0.15, 0.2) is 0 Å². The largest absolute Gasteiger partial charge is 0.394 e. The third-order valence-electron chi connectivity index (χ3n) is 3.06. The first-order chi connectivity index (χ1) is 8.27. The zero-order valence-corrected chi connectivity index (χ0v) is 9.47. The zero-order valence-electron chi connectivity index (χ0n) is 9.47. The van der Waals surface area contributed by atoms with Crippen LogP contribution in [0.1, 0.15) is 23.2 Å². The summed E-state index contributed by atoms with van der Waals surface area (Å²) in [5.41, 5.74) is 3.45. The standard InChI is InChI=1S/C11H16N4O2/c12-14-10-6-13-4-3-9(10)11(17)15-5-1-2-8(15)7-16/h3-4,6,8,14,16H,1-2,5,7,12H2. The molecule has 0 spiro atoms. The Morgan fingerprint density at radius 3 is 3.24 bits per heavy atom. The number of aromatic nitrogens is 1. The minimum absolute atomic E-state index is 0.00219. The summed E-state index contributed by atoms with van der Waals surface area (Å²) >= 11 is 0. The van der Waals surface area contributed by atoms with Gasteiger partial charge in [-0.25, -0.2) is 0 Å². The van der Waals surface area contributed by atoms with E-state index in [1.165, 1.54) is 6.20 Å². The summed E-state index contributed by atoms with van der Waals surface area (Å²) in [6.07, 6.45) is 4.83. The van der Waals surface area contributed by atoms with E-state index in [0.717, 1.165) is 12.8 Å². The number of nitrogens with two attached hydrogens (primary N) is 1. The van der Waals surface area contributed by atoms with E-state index in [1.54, 1.807) is 17.2 Å². The predicted octanol–water partition coefficient (Wildman–Crippen LogP) is -0.0359. The molecule has 17 heavy (non-hydrogen) atoms. The Hall–Kier alpha value is -1.66. The van der Waals surface area contributed by atoms with E-state index >= 15 is 0 Å². The number of carbonyl (C=O) groups excluding carboxylic acids is 1. The molecule has 0 radical (unpaired) electrons. The number of hydrazine groups is 1. The topological polar surface area (TPSA) is 91.5 Å². The van der Waals surface area contributed by atoms with Crippen molar-refractivity contribution < 1.29 is 9.90 Å². The molecule has 2 rings (SSSR count). The number of hydrogen-bond donors (Lipinski definition) is 3. The molecule has 1 fully saturated rings. The second-order valence-corrected chi connectivity index (χ2v) is 4.04. The van der Waals surface area contributed by atoms with Crippen LogP contribution in [0.2, 0.25) is 0 Å².